The van der Waals surface area contributed by atoms with Gasteiger partial charge in [-0.15, -0.1) is 11.3 Å². The maximum atomic E-state index is 3.63. The molecular weight excluding hydrogens is 274 g/mol. The molecule has 0 amide bonds. The van der Waals surface area contributed by atoms with Crippen molar-refractivity contribution < 1.29 is 0 Å². The number of aryl methyl sites for hydroxylation is 2. The van der Waals surface area contributed by atoms with E-state index in [1.807, 2.05) is 11.3 Å². The van der Waals surface area contributed by atoms with Crippen LogP contribution in [0.3, 0.4) is 0 Å². The molecule has 0 aliphatic carbocycles. The summed E-state index contributed by atoms with van der Waals surface area (Å²) in [6.07, 6.45) is 1.18. The fraction of sp³-hybridized carbons (Fsp3) is 0.579. The molecule has 2 aromatic rings. The summed E-state index contributed by atoms with van der Waals surface area (Å²) in [7, 11) is 0. The summed E-state index contributed by atoms with van der Waals surface area (Å²) in [5.74, 6) is 1.41. The second kappa shape index (κ2) is 6.93. The Morgan fingerprint density at radius 3 is 2.29 bits per heavy atom. The summed E-state index contributed by atoms with van der Waals surface area (Å²) < 4.78 is 1.49. The van der Waals surface area contributed by atoms with Crippen LogP contribution in [-0.4, -0.2) is 6.54 Å². The van der Waals surface area contributed by atoms with Gasteiger partial charge in [-0.2, -0.15) is 0 Å². The lowest BCUT2D eigenvalue weighted by molar-refractivity contribution is 0.552. The highest BCUT2D eigenvalue weighted by atomic mass is 32.1. The van der Waals surface area contributed by atoms with Crippen molar-refractivity contribution in [1.82, 2.24) is 5.32 Å². The molecule has 0 bridgehead atoms. The van der Waals surface area contributed by atoms with E-state index in [0.29, 0.717) is 11.8 Å². The van der Waals surface area contributed by atoms with Crippen LogP contribution in [-0.2, 0) is 13.0 Å². The molecule has 116 valence electrons. The largest absolute Gasteiger partial charge is 0.312 e. The average Bonchev–Trinajstić information content (AvgIpc) is 2.73. The van der Waals surface area contributed by atoms with E-state index >= 15 is 0 Å². The van der Waals surface area contributed by atoms with Crippen LogP contribution in [0.1, 0.15) is 49.3 Å². The fourth-order valence-electron chi connectivity index (χ4n) is 2.86. The number of benzene rings is 1. The van der Waals surface area contributed by atoms with Crippen molar-refractivity contribution in [3.63, 3.8) is 0 Å². The Morgan fingerprint density at radius 1 is 1.00 bits per heavy atom. The van der Waals surface area contributed by atoms with Crippen molar-refractivity contribution in [3.05, 3.63) is 33.7 Å². The zero-order valence-corrected chi connectivity index (χ0v) is 15.2. The van der Waals surface area contributed by atoms with E-state index in [1.165, 1.54) is 32.5 Å². The molecule has 1 aromatic heterocycles. The standard InChI is InChI=1S/C19H29NS/c1-12(2)9-16-17(11-20-10-13(3)4)21-19-15(6)8-7-14(5)18(16)19/h7-8,12-13,20H,9-11H2,1-6H3. The van der Waals surface area contributed by atoms with Gasteiger partial charge < -0.3 is 5.32 Å². The van der Waals surface area contributed by atoms with Crippen LogP contribution in [0.2, 0.25) is 0 Å². The highest BCUT2D eigenvalue weighted by Gasteiger charge is 2.16. The molecule has 1 aromatic carbocycles. The smallest absolute Gasteiger partial charge is 0.0380 e. The first-order chi connectivity index (χ1) is 9.90. The molecule has 1 nitrogen and oxygen atoms in total. The van der Waals surface area contributed by atoms with Gasteiger partial charge in [0.25, 0.3) is 0 Å². The Labute approximate surface area is 133 Å². The number of thiophene rings is 1. The summed E-state index contributed by atoms with van der Waals surface area (Å²) in [6.45, 7) is 15.8. The van der Waals surface area contributed by atoms with E-state index in [0.717, 1.165) is 13.1 Å². The summed E-state index contributed by atoms with van der Waals surface area (Å²) in [5, 5.41) is 5.15. The van der Waals surface area contributed by atoms with E-state index < -0.39 is 0 Å². The summed E-state index contributed by atoms with van der Waals surface area (Å²) in [5.41, 5.74) is 4.43. The van der Waals surface area contributed by atoms with Gasteiger partial charge in [-0.1, -0.05) is 39.8 Å². The van der Waals surface area contributed by atoms with E-state index in [9.17, 15) is 0 Å². The Morgan fingerprint density at radius 2 is 1.67 bits per heavy atom. The molecule has 1 heterocycles. The summed E-state index contributed by atoms with van der Waals surface area (Å²) in [6, 6.07) is 4.54. The van der Waals surface area contributed by atoms with E-state index in [-0.39, 0.29) is 0 Å². The average molecular weight is 304 g/mol. The minimum absolute atomic E-state index is 0.701. The van der Waals surface area contributed by atoms with Gasteiger partial charge in [0.2, 0.25) is 0 Å². The minimum Gasteiger partial charge on any atom is -0.312 e. The van der Waals surface area contributed by atoms with Crippen molar-refractivity contribution >= 4 is 21.4 Å². The van der Waals surface area contributed by atoms with Crippen molar-refractivity contribution in [2.45, 2.75) is 54.5 Å². The molecule has 0 aliphatic rings. The highest BCUT2D eigenvalue weighted by Crippen LogP contribution is 2.37. The van der Waals surface area contributed by atoms with Crippen molar-refractivity contribution in [1.29, 1.82) is 0 Å². The Balaban J connectivity index is 2.42. The van der Waals surface area contributed by atoms with Crippen LogP contribution in [0.4, 0.5) is 0 Å². The van der Waals surface area contributed by atoms with Crippen LogP contribution in [0.5, 0.6) is 0 Å². The molecule has 0 spiro atoms. The zero-order chi connectivity index (χ0) is 15.6. The van der Waals surface area contributed by atoms with Crippen LogP contribution in [0.15, 0.2) is 12.1 Å². The first-order valence-corrected chi connectivity index (χ1v) is 8.93. The van der Waals surface area contributed by atoms with E-state index in [2.05, 4.69) is 59.0 Å². The van der Waals surface area contributed by atoms with Gasteiger partial charge in [-0.05, 0) is 60.7 Å². The molecule has 1 N–H and O–H groups in total. The molecule has 0 saturated carbocycles. The molecule has 0 aliphatic heterocycles. The molecular formula is C19H29NS. The molecule has 2 rings (SSSR count). The van der Waals surface area contributed by atoms with Crippen molar-refractivity contribution in [3.8, 4) is 0 Å². The topological polar surface area (TPSA) is 12.0 Å². The lowest BCUT2D eigenvalue weighted by atomic mass is 9.96. The van der Waals surface area contributed by atoms with E-state index in [1.54, 1.807) is 5.56 Å². The number of hydrogen-bond acceptors (Lipinski definition) is 2. The zero-order valence-electron chi connectivity index (χ0n) is 14.3. The van der Waals surface area contributed by atoms with Crippen LogP contribution < -0.4 is 5.32 Å². The molecule has 21 heavy (non-hydrogen) atoms. The summed E-state index contributed by atoms with van der Waals surface area (Å²) in [4.78, 5) is 1.54. The molecule has 0 unspecified atom stereocenters. The predicted octanol–water partition coefficient (Wildman–Crippen LogP) is 5.46. The van der Waals surface area contributed by atoms with Crippen molar-refractivity contribution in [2.75, 3.05) is 6.54 Å². The number of hydrogen-bond donors (Lipinski definition) is 1. The molecule has 0 atom stereocenters. The minimum atomic E-state index is 0.701. The van der Waals surface area contributed by atoms with Gasteiger partial charge in [0.1, 0.15) is 0 Å². The highest BCUT2D eigenvalue weighted by molar-refractivity contribution is 7.19. The fourth-order valence-corrected chi connectivity index (χ4v) is 4.20. The van der Waals surface area contributed by atoms with Crippen LogP contribution in [0, 0.1) is 25.7 Å². The predicted molar refractivity (Wildman–Crippen MR) is 96.4 cm³/mol. The number of nitrogens with one attached hydrogen (secondary N) is 1. The number of fused-ring (bicyclic) bond motifs is 1. The number of rotatable bonds is 6. The van der Waals surface area contributed by atoms with Gasteiger partial charge in [-0.25, -0.2) is 0 Å². The second-order valence-electron chi connectivity index (χ2n) is 7.03. The van der Waals surface area contributed by atoms with Gasteiger partial charge in [0.05, 0.1) is 0 Å². The van der Waals surface area contributed by atoms with Gasteiger partial charge >= 0.3 is 0 Å². The third-order valence-corrected chi connectivity index (χ3v) is 5.24. The van der Waals surface area contributed by atoms with Crippen molar-refractivity contribution in [2.24, 2.45) is 11.8 Å². The monoisotopic (exact) mass is 303 g/mol. The van der Waals surface area contributed by atoms with Gasteiger partial charge in [0, 0.05) is 16.1 Å². The maximum absolute atomic E-state index is 3.63. The second-order valence-corrected chi connectivity index (χ2v) is 8.14. The molecule has 0 radical (unpaired) electrons. The van der Waals surface area contributed by atoms with Gasteiger partial charge in [-0.3, -0.25) is 0 Å². The van der Waals surface area contributed by atoms with Crippen LogP contribution >= 0.6 is 11.3 Å². The Hall–Kier alpha value is -0.860. The molecule has 2 heteroatoms. The first-order valence-electron chi connectivity index (χ1n) is 8.11. The lowest BCUT2D eigenvalue weighted by Gasteiger charge is -2.11. The molecule has 0 fully saturated rings. The quantitative estimate of drug-likeness (QED) is 0.747. The van der Waals surface area contributed by atoms with Gasteiger partial charge in [0.15, 0.2) is 0 Å². The van der Waals surface area contributed by atoms with E-state index in [4.69, 9.17) is 0 Å². The maximum Gasteiger partial charge on any atom is 0.0380 e. The third-order valence-electron chi connectivity index (χ3n) is 3.88. The first kappa shape index (κ1) is 16.5. The lowest BCUT2D eigenvalue weighted by Crippen LogP contribution is -2.19. The summed E-state index contributed by atoms with van der Waals surface area (Å²) >= 11 is 2.00. The Kier molecular flexibility index (Phi) is 5.45. The Bertz CT molecular complexity index is 608. The normalized spacial score (nSPS) is 12.0. The third kappa shape index (κ3) is 3.87. The molecule has 0 saturated heterocycles. The van der Waals surface area contributed by atoms with Crippen LogP contribution in [0.25, 0.3) is 10.1 Å². The SMILES string of the molecule is Cc1ccc(C)c2c(CC(C)C)c(CNCC(C)C)sc12.